The molecule has 0 aliphatic rings. The van der Waals surface area contributed by atoms with E-state index in [2.05, 4.69) is 196 Å². The predicted molar refractivity (Wildman–Crippen MR) is 388 cm³/mol. The molecule has 0 aromatic heterocycles. The van der Waals surface area contributed by atoms with Gasteiger partial charge in [0.05, 0.1) is 40.3 Å². The van der Waals surface area contributed by atoms with E-state index in [-0.39, 0.29) is 38.6 Å². The molecular formula is C82H131NO8. The number of carbonyl (C=O) groups excluding carboxylic acids is 3. The molecule has 0 aliphatic carbocycles. The number of ether oxygens (including phenoxy) is 4. The number of unbranched alkanes of at least 4 members (excludes halogenated alkanes) is 19. The molecule has 0 rings (SSSR count). The molecule has 0 saturated heterocycles. The Balaban J connectivity index is 4.22. The van der Waals surface area contributed by atoms with Gasteiger partial charge in [-0.2, -0.15) is 0 Å². The molecule has 2 atom stereocenters. The fourth-order valence-corrected chi connectivity index (χ4v) is 9.24. The van der Waals surface area contributed by atoms with Gasteiger partial charge >= 0.3 is 11.9 Å². The van der Waals surface area contributed by atoms with Crippen LogP contribution in [0.1, 0.15) is 258 Å². The van der Waals surface area contributed by atoms with E-state index in [1.807, 2.05) is 21.1 Å². The smallest absolute Gasteiger partial charge is 0.306 e. The average molecular weight is 1260 g/mol. The van der Waals surface area contributed by atoms with Crippen LogP contribution in [0.4, 0.5) is 0 Å². The minimum absolute atomic E-state index is 0.135. The van der Waals surface area contributed by atoms with E-state index in [9.17, 15) is 19.5 Å². The Morgan fingerprint density at radius 3 is 0.879 bits per heavy atom. The lowest BCUT2D eigenvalue weighted by molar-refractivity contribution is -0.870. The fraction of sp³-hybridized carbons (Fsp3) is 0.598. The lowest BCUT2D eigenvalue weighted by Crippen LogP contribution is -2.44. The van der Waals surface area contributed by atoms with Gasteiger partial charge in [0.25, 0.3) is 0 Å². The molecule has 512 valence electrons. The molecule has 0 aliphatic heterocycles. The monoisotopic (exact) mass is 1260 g/mol. The van der Waals surface area contributed by atoms with E-state index >= 15 is 0 Å². The number of rotatable bonds is 64. The number of carboxylic acid groups (broad SMARTS) is 1. The van der Waals surface area contributed by atoms with E-state index < -0.39 is 24.3 Å². The van der Waals surface area contributed by atoms with Crippen LogP contribution in [0.3, 0.4) is 0 Å². The first-order valence-corrected chi connectivity index (χ1v) is 35.9. The molecule has 9 nitrogen and oxygen atoms in total. The van der Waals surface area contributed by atoms with Crippen molar-refractivity contribution in [2.75, 3.05) is 47.5 Å². The summed E-state index contributed by atoms with van der Waals surface area (Å²) in [5.41, 5.74) is 0. The maximum atomic E-state index is 12.9. The topological polar surface area (TPSA) is 111 Å². The summed E-state index contributed by atoms with van der Waals surface area (Å²) >= 11 is 0. The zero-order valence-electron chi connectivity index (χ0n) is 58.4. The third-order valence-corrected chi connectivity index (χ3v) is 14.6. The van der Waals surface area contributed by atoms with Gasteiger partial charge in [-0.25, -0.2) is 0 Å². The second-order valence-electron chi connectivity index (χ2n) is 24.4. The van der Waals surface area contributed by atoms with Crippen molar-refractivity contribution in [3.63, 3.8) is 0 Å². The number of esters is 2. The number of hydrogen-bond acceptors (Lipinski definition) is 8. The molecule has 91 heavy (non-hydrogen) atoms. The Morgan fingerprint density at radius 2 is 0.593 bits per heavy atom. The van der Waals surface area contributed by atoms with Crippen molar-refractivity contribution in [2.45, 2.75) is 270 Å². The lowest BCUT2D eigenvalue weighted by atomic mass is 10.0. The van der Waals surface area contributed by atoms with Crippen molar-refractivity contribution in [2.24, 2.45) is 0 Å². The highest BCUT2D eigenvalue weighted by Crippen LogP contribution is 2.16. The Bertz CT molecular complexity index is 2150. The molecule has 0 heterocycles. The van der Waals surface area contributed by atoms with E-state index in [1.54, 1.807) is 0 Å². The van der Waals surface area contributed by atoms with Gasteiger partial charge < -0.3 is 33.3 Å². The van der Waals surface area contributed by atoms with E-state index in [0.717, 1.165) is 154 Å². The first-order valence-electron chi connectivity index (χ1n) is 35.9. The van der Waals surface area contributed by atoms with Gasteiger partial charge in [-0.15, -0.1) is 0 Å². The number of quaternary nitrogens is 1. The maximum absolute atomic E-state index is 12.9. The fourth-order valence-electron chi connectivity index (χ4n) is 9.24. The van der Waals surface area contributed by atoms with Gasteiger partial charge in [0, 0.05) is 12.8 Å². The highest BCUT2D eigenvalue weighted by Gasteiger charge is 2.22. The lowest BCUT2D eigenvalue weighted by Gasteiger charge is -2.26. The maximum Gasteiger partial charge on any atom is 0.306 e. The summed E-state index contributed by atoms with van der Waals surface area (Å²) in [7, 11) is 5.91. The summed E-state index contributed by atoms with van der Waals surface area (Å²) in [5, 5.41) is 11.8. The van der Waals surface area contributed by atoms with Crippen molar-refractivity contribution in [1.82, 2.24) is 0 Å². The van der Waals surface area contributed by atoms with Crippen LogP contribution in [-0.2, 0) is 33.3 Å². The van der Waals surface area contributed by atoms with Crippen LogP contribution in [-0.4, -0.2) is 82.3 Å². The molecule has 0 N–H and O–H groups in total. The summed E-state index contributed by atoms with van der Waals surface area (Å²) in [6.45, 7) is 4.49. The van der Waals surface area contributed by atoms with Crippen LogP contribution in [0.15, 0.2) is 182 Å². The van der Waals surface area contributed by atoms with E-state index in [1.165, 1.54) is 70.6 Å². The molecule has 2 unspecified atom stereocenters. The van der Waals surface area contributed by atoms with Gasteiger partial charge in [0.1, 0.15) is 13.2 Å². The molecule has 0 aromatic carbocycles. The molecule has 0 aromatic rings. The second kappa shape index (κ2) is 70.3. The van der Waals surface area contributed by atoms with Crippen LogP contribution >= 0.6 is 0 Å². The number of carboxylic acids is 1. The van der Waals surface area contributed by atoms with Crippen molar-refractivity contribution >= 4 is 17.9 Å². The van der Waals surface area contributed by atoms with E-state index in [0.29, 0.717) is 17.4 Å². The van der Waals surface area contributed by atoms with Crippen molar-refractivity contribution in [3.05, 3.63) is 182 Å². The first kappa shape index (κ1) is 85.4. The van der Waals surface area contributed by atoms with Crippen LogP contribution < -0.4 is 5.11 Å². The quantitative estimate of drug-likeness (QED) is 0.0195. The minimum atomic E-state index is -1.64. The average Bonchev–Trinajstić information content (AvgIpc) is 3.50. The summed E-state index contributed by atoms with van der Waals surface area (Å²) in [5.74, 6) is -2.32. The van der Waals surface area contributed by atoms with Gasteiger partial charge in [-0.3, -0.25) is 9.59 Å². The number of nitrogens with zero attached hydrogens (tertiary/aromatic N) is 1. The number of likely N-dealkylation sites (N-methyl/N-ethyl adjacent to an activating group) is 1. The normalized spacial score (nSPS) is 13.8. The zero-order valence-corrected chi connectivity index (χ0v) is 58.4. The van der Waals surface area contributed by atoms with Crippen LogP contribution in [0.5, 0.6) is 0 Å². The van der Waals surface area contributed by atoms with Crippen LogP contribution in [0.25, 0.3) is 0 Å². The van der Waals surface area contributed by atoms with E-state index in [4.69, 9.17) is 18.9 Å². The van der Waals surface area contributed by atoms with Crippen LogP contribution in [0, 0.1) is 0 Å². The standard InChI is InChI=1S/C82H131NO8/c1-6-8-10-12-14-16-18-20-22-24-26-28-30-32-34-36-37-38-39-40-41-42-43-45-47-49-51-53-55-57-59-61-63-65-67-69-71-73-80(85)91-78(77-90-82(81(86)87)88-75-74-83(3,4)5)76-89-79(84)72-70-68-66-64-62-60-58-56-54-52-50-48-46-44-35-33-31-29-27-25-23-21-19-17-15-13-11-9-7-2/h8-11,14-17,20-23,26-29,32-35,37-38,40-41,43,45,49,51,55,57,78,82H,6-7,12-13,18-19,24-25,30-31,36,39,42,44,46-48,50,52-54,56,58-77H2,1-5H3/b10-8-,11-9-,16-14-,17-15-,22-20-,23-21-,28-26-,29-27-,34-32-,35-33-,38-37-,41-40-,45-43-,51-49-,57-55-. The van der Waals surface area contributed by atoms with Gasteiger partial charge in [-0.05, 0) is 135 Å². The van der Waals surface area contributed by atoms with Gasteiger partial charge in [0.15, 0.2) is 12.4 Å². The highest BCUT2D eigenvalue weighted by atomic mass is 16.7. The summed E-state index contributed by atoms with van der Waals surface area (Å²) in [4.78, 5) is 37.5. The molecule has 0 amide bonds. The van der Waals surface area contributed by atoms with Crippen molar-refractivity contribution in [3.8, 4) is 0 Å². The number of allylic oxidation sites excluding steroid dienone is 30. The van der Waals surface area contributed by atoms with Crippen molar-refractivity contribution in [1.29, 1.82) is 0 Å². The summed E-state index contributed by atoms with van der Waals surface area (Å²) < 4.78 is 22.8. The largest absolute Gasteiger partial charge is 0.545 e. The number of carbonyl (C=O) groups is 3. The molecular weight excluding hydrogens is 1130 g/mol. The van der Waals surface area contributed by atoms with Crippen LogP contribution in [0.2, 0.25) is 0 Å². The predicted octanol–water partition coefficient (Wildman–Crippen LogP) is 21.5. The Labute approximate surface area is 558 Å². The number of aliphatic carboxylic acids is 1. The van der Waals surface area contributed by atoms with Gasteiger partial charge in [-0.1, -0.05) is 292 Å². The third kappa shape index (κ3) is 71.7. The molecule has 9 heteroatoms. The molecule has 0 fully saturated rings. The Kier molecular flexibility index (Phi) is 65.9. The minimum Gasteiger partial charge on any atom is -0.545 e. The molecule has 0 spiro atoms. The molecule has 0 bridgehead atoms. The zero-order chi connectivity index (χ0) is 66.1. The molecule has 0 saturated carbocycles. The molecule has 0 radical (unpaired) electrons. The third-order valence-electron chi connectivity index (χ3n) is 14.6. The second-order valence-corrected chi connectivity index (χ2v) is 24.4. The summed E-state index contributed by atoms with van der Waals surface area (Å²) in [6.07, 6.45) is 104. The number of hydrogen-bond donors (Lipinski definition) is 0. The summed E-state index contributed by atoms with van der Waals surface area (Å²) in [6, 6.07) is 0. The van der Waals surface area contributed by atoms with Gasteiger partial charge in [0.2, 0.25) is 0 Å². The Hall–Kier alpha value is -5.61. The SMILES string of the molecule is CC/C=C\C/C=C\C/C=C\C/C=C\C/C=C\C/C=C\C/C=C\C/C=C\C/C=C\C/C=C\CCCCCCCCC(=O)OC(COC(=O)CCCCCCCCCCCCCCC/C=C\C/C=C\C/C=C\C/C=C\C/C=C\CC)COC(OCC[N+](C)(C)C)C(=O)[O-]. The highest BCUT2D eigenvalue weighted by molar-refractivity contribution is 5.70. The first-order chi connectivity index (χ1) is 44.6. The van der Waals surface area contributed by atoms with Crippen molar-refractivity contribution < 1.29 is 42.9 Å². The Morgan fingerprint density at radius 1 is 0.330 bits per heavy atom.